The summed E-state index contributed by atoms with van der Waals surface area (Å²) in [5.41, 5.74) is 5.24. The van der Waals surface area contributed by atoms with Crippen molar-refractivity contribution in [1.82, 2.24) is 10.2 Å². The first-order valence-electron chi connectivity index (χ1n) is 5.23. The molecule has 1 fully saturated rings. The highest BCUT2D eigenvalue weighted by atomic mass is 16.3. The van der Waals surface area contributed by atoms with Crippen molar-refractivity contribution in [2.45, 2.75) is 18.9 Å². The second kappa shape index (κ2) is 4.44. The molecular formula is C10H14N4O2. The molecule has 1 aliphatic heterocycles. The molecule has 1 saturated heterocycles. The number of aliphatic hydroxyl groups is 1. The van der Waals surface area contributed by atoms with Crippen molar-refractivity contribution in [3.05, 3.63) is 17.8 Å². The highest BCUT2D eigenvalue weighted by Gasteiger charge is 2.18. The lowest BCUT2D eigenvalue weighted by Crippen LogP contribution is -2.36. The van der Waals surface area contributed by atoms with E-state index >= 15 is 0 Å². The van der Waals surface area contributed by atoms with Gasteiger partial charge >= 0.3 is 0 Å². The van der Waals surface area contributed by atoms with E-state index in [1.165, 1.54) is 0 Å². The summed E-state index contributed by atoms with van der Waals surface area (Å²) in [6.07, 6.45) is 1.26. The van der Waals surface area contributed by atoms with E-state index in [2.05, 4.69) is 10.2 Å². The number of carbonyl (C=O) groups is 1. The van der Waals surface area contributed by atoms with Crippen LogP contribution in [0.2, 0.25) is 0 Å². The number of nitrogens with two attached hydrogens (primary N) is 1. The average Bonchev–Trinajstić information content (AvgIpc) is 2.30. The first kappa shape index (κ1) is 10.8. The van der Waals surface area contributed by atoms with E-state index < -0.39 is 5.91 Å². The van der Waals surface area contributed by atoms with Crippen LogP contribution in [0.3, 0.4) is 0 Å². The molecule has 16 heavy (non-hydrogen) atoms. The summed E-state index contributed by atoms with van der Waals surface area (Å²) in [6, 6.07) is 3.29. The molecule has 2 rings (SSSR count). The molecule has 0 unspecified atom stereocenters. The number of carbonyl (C=O) groups excluding carboxylic acids is 1. The molecule has 1 aromatic rings. The molecular weight excluding hydrogens is 208 g/mol. The van der Waals surface area contributed by atoms with Gasteiger partial charge in [-0.05, 0) is 25.0 Å². The fraction of sp³-hybridized carbons (Fsp3) is 0.500. The highest BCUT2D eigenvalue weighted by molar-refractivity contribution is 5.90. The van der Waals surface area contributed by atoms with Gasteiger partial charge in [-0.25, -0.2) is 0 Å². The van der Waals surface area contributed by atoms with E-state index in [-0.39, 0.29) is 11.8 Å². The zero-order valence-corrected chi connectivity index (χ0v) is 8.83. The van der Waals surface area contributed by atoms with E-state index in [9.17, 15) is 9.90 Å². The van der Waals surface area contributed by atoms with Gasteiger partial charge in [-0.2, -0.15) is 0 Å². The Hall–Kier alpha value is -1.69. The van der Waals surface area contributed by atoms with Crippen LogP contribution < -0.4 is 10.6 Å². The molecule has 6 nitrogen and oxygen atoms in total. The third-order valence-electron chi connectivity index (χ3n) is 2.69. The number of anilines is 1. The number of aromatic nitrogens is 2. The second-order valence-corrected chi connectivity index (χ2v) is 3.86. The summed E-state index contributed by atoms with van der Waals surface area (Å²) in [6.45, 7) is 1.51. The Morgan fingerprint density at radius 2 is 2.06 bits per heavy atom. The molecule has 0 aromatic carbocycles. The van der Waals surface area contributed by atoms with Crippen LogP contribution in [0.15, 0.2) is 12.1 Å². The zero-order valence-electron chi connectivity index (χ0n) is 8.83. The molecule has 0 spiro atoms. The van der Waals surface area contributed by atoms with Gasteiger partial charge in [-0.3, -0.25) is 4.79 Å². The van der Waals surface area contributed by atoms with Crippen LogP contribution in [-0.2, 0) is 0 Å². The smallest absolute Gasteiger partial charge is 0.269 e. The average molecular weight is 222 g/mol. The fourth-order valence-electron chi connectivity index (χ4n) is 1.72. The molecule has 3 N–H and O–H groups in total. The Morgan fingerprint density at radius 3 is 2.56 bits per heavy atom. The van der Waals surface area contributed by atoms with Gasteiger partial charge in [-0.15, -0.1) is 10.2 Å². The molecule has 6 heteroatoms. The Bertz CT molecular complexity index is 371. The zero-order chi connectivity index (χ0) is 11.5. The third kappa shape index (κ3) is 2.27. The lowest BCUT2D eigenvalue weighted by molar-refractivity contribution is 0.0994. The predicted molar refractivity (Wildman–Crippen MR) is 58.0 cm³/mol. The Balaban J connectivity index is 2.07. The summed E-state index contributed by atoms with van der Waals surface area (Å²) < 4.78 is 0. The van der Waals surface area contributed by atoms with Crippen molar-refractivity contribution in [1.29, 1.82) is 0 Å². The lowest BCUT2D eigenvalue weighted by Gasteiger charge is -2.29. The number of hydrogen-bond donors (Lipinski definition) is 2. The van der Waals surface area contributed by atoms with Gasteiger partial charge in [-0.1, -0.05) is 0 Å². The van der Waals surface area contributed by atoms with E-state index in [1.807, 2.05) is 4.90 Å². The van der Waals surface area contributed by atoms with Gasteiger partial charge in [0.1, 0.15) is 0 Å². The maximum Gasteiger partial charge on any atom is 0.269 e. The van der Waals surface area contributed by atoms with Gasteiger partial charge in [0.25, 0.3) is 5.91 Å². The Morgan fingerprint density at radius 1 is 1.38 bits per heavy atom. The van der Waals surface area contributed by atoms with Crippen LogP contribution in [0.4, 0.5) is 5.82 Å². The van der Waals surface area contributed by atoms with E-state index in [0.717, 1.165) is 31.7 Å². The normalized spacial score (nSPS) is 17.4. The van der Waals surface area contributed by atoms with Gasteiger partial charge in [0.05, 0.1) is 6.10 Å². The third-order valence-corrected chi connectivity index (χ3v) is 2.69. The number of primary amides is 1. The van der Waals surface area contributed by atoms with Crippen LogP contribution in [0.1, 0.15) is 23.3 Å². The molecule has 0 atom stereocenters. The molecule has 0 bridgehead atoms. The number of amides is 1. The summed E-state index contributed by atoms with van der Waals surface area (Å²) in [7, 11) is 0. The molecule has 1 aliphatic rings. The molecule has 0 aliphatic carbocycles. The molecule has 1 amide bonds. The van der Waals surface area contributed by atoms with E-state index in [0.29, 0.717) is 0 Å². The minimum absolute atomic E-state index is 0.167. The molecule has 0 saturated carbocycles. The number of piperidine rings is 1. The van der Waals surface area contributed by atoms with Gasteiger partial charge in [0.15, 0.2) is 11.5 Å². The number of hydrogen-bond acceptors (Lipinski definition) is 5. The number of rotatable bonds is 2. The van der Waals surface area contributed by atoms with Gasteiger partial charge in [0, 0.05) is 13.1 Å². The van der Waals surface area contributed by atoms with E-state index in [1.54, 1.807) is 12.1 Å². The molecule has 1 aromatic heterocycles. The SMILES string of the molecule is NC(=O)c1ccc(N2CCC(O)CC2)nn1. The summed E-state index contributed by atoms with van der Waals surface area (Å²) in [5.74, 6) is 0.144. The summed E-state index contributed by atoms with van der Waals surface area (Å²) in [5, 5.41) is 17.1. The maximum atomic E-state index is 10.8. The minimum atomic E-state index is -0.576. The standard InChI is InChI=1S/C10H14N4O2/c11-10(16)8-1-2-9(13-12-8)14-5-3-7(15)4-6-14/h1-2,7,15H,3-6H2,(H2,11,16). The van der Waals surface area contributed by atoms with Crippen molar-refractivity contribution in [2.75, 3.05) is 18.0 Å². The van der Waals surface area contributed by atoms with Crippen molar-refractivity contribution in [2.24, 2.45) is 5.73 Å². The lowest BCUT2D eigenvalue weighted by atomic mass is 10.1. The van der Waals surface area contributed by atoms with E-state index in [4.69, 9.17) is 5.73 Å². The first-order valence-corrected chi connectivity index (χ1v) is 5.23. The Kier molecular flexibility index (Phi) is 3.00. The monoisotopic (exact) mass is 222 g/mol. The summed E-state index contributed by atoms with van der Waals surface area (Å²) in [4.78, 5) is 12.8. The molecule has 2 heterocycles. The predicted octanol–water partition coefficient (Wildman–Crippen LogP) is -0.463. The maximum absolute atomic E-state index is 10.8. The van der Waals surface area contributed by atoms with Crippen LogP contribution in [0, 0.1) is 0 Å². The molecule has 86 valence electrons. The largest absolute Gasteiger partial charge is 0.393 e. The summed E-state index contributed by atoms with van der Waals surface area (Å²) >= 11 is 0. The van der Waals surface area contributed by atoms with Crippen LogP contribution in [-0.4, -0.2) is 40.4 Å². The van der Waals surface area contributed by atoms with Crippen molar-refractivity contribution in [3.63, 3.8) is 0 Å². The van der Waals surface area contributed by atoms with Gasteiger partial charge < -0.3 is 15.7 Å². The quantitative estimate of drug-likeness (QED) is 0.706. The topological polar surface area (TPSA) is 92.3 Å². The van der Waals surface area contributed by atoms with Crippen LogP contribution in [0.25, 0.3) is 0 Å². The molecule has 0 radical (unpaired) electrons. The number of aliphatic hydroxyl groups excluding tert-OH is 1. The number of nitrogens with zero attached hydrogens (tertiary/aromatic N) is 3. The van der Waals surface area contributed by atoms with Crippen LogP contribution in [0.5, 0.6) is 0 Å². The van der Waals surface area contributed by atoms with Gasteiger partial charge in [0.2, 0.25) is 0 Å². The second-order valence-electron chi connectivity index (χ2n) is 3.86. The van der Waals surface area contributed by atoms with Crippen molar-refractivity contribution < 1.29 is 9.90 Å². The van der Waals surface area contributed by atoms with Crippen molar-refractivity contribution >= 4 is 11.7 Å². The first-order chi connectivity index (χ1) is 7.66. The van der Waals surface area contributed by atoms with Crippen LogP contribution >= 0.6 is 0 Å². The minimum Gasteiger partial charge on any atom is -0.393 e. The van der Waals surface area contributed by atoms with Crippen molar-refractivity contribution in [3.8, 4) is 0 Å². The Labute approximate surface area is 93.1 Å². The highest BCUT2D eigenvalue weighted by Crippen LogP contribution is 2.16. The fourth-order valence-corrected chi connectivity index (χ4v) is 1.72.